The number of hydroxylamine groups is 1. The van der Waals surface area contributed by atoms with Crippen LogP contribution in [0.2, 0.25) is 0 Å². The number of nitrogens with zero attached hydrogens (tertiary/aromatic N) is 1. The smallest absolute Gasteiger partial charge is 0.281 e. The van der Waals surface area contributed by atoms with Gasteiger partial charge < -0.3 is 4.74 Å². The number of amides is 1. The summed E-state index contributed by atoms with van der Waals surface area (Å²) < 4.78 is 5.73. The highest BCUT2D eigenvalue weighted by Crippen LogP contribution is 2.15. The average Bonchev–Trinajstić information content (AvgIpc) is 2.14. The highest BCUT2D eigenvalue weighted by Gasteiger charge is 2.00. The molecule has 1 heterocycles. The SMILES string of the molecule is O=C(COc1cncc(Br)c1)NO. The van der Waals surface area contributed by atoms with Crippen molar-refractivity contribution < 1.29 is 14.7 Å². The van der Waals surface area contributed by atoms with Crippen LogP contribution in [0.1, 0.15) is 0 Å². The number of rotatable bonds is 3. The summed E-state index contributed by atoms with van der Waals surface area (Å²) in [6, 6.07) is 1.66. The number of nitrogens with one attached hydrogen (secondary N) is 1. The van der Waals surface area contributed by atoms with Gasteiger partial charge in [-0.2, -0.15) is 0 Å². The van der Waals surface area contributed by atoms with Crippen LogP contribution >= 0.6 is 15.9 Å². The number of pyridine rings is 1. The Balaban J connectivity index is 2.50. The second kappa shape index (κ2) is 4.78. The van der Waals surface area contributed by atoms with Crippen molar-refractivity contribution in [1.82, 2.24) is 10.5 Å². The summed E-state index contributed by atoms with van der Waals surface area (Å²) >= 11 is 3.19. The molecular weight excluding hydrogens is 240 g/mol. The van der Waals surface area contributed by atoms with Crippen molar-refractivity contribution in [3.63, 3.8) is 0 Å². The van der Waals surface area contributed by atoms with Gasteiger partial charge in [0, 0.05) is 10.7 Å². The topological polar surface area (TPSA) is 71.5 Å². The molecule has 0 fully saturated rings. The fraction of sp³-hybridized carbons (Fsp3) is 0.143. The summed E-state index contributed by atoms with van der Waals surface area (Å²) in [5.74, 6) is -0.155. The fourth-order valence-electron chi connectivity index (χ4n) is 0.652. The minimum atomic E-state index is -0.611. The van der Waals surface area contributed by atoms with E-state index in [1.54, 1.807) is 12.3 Å². The zero-order valence-corrected chi connectivity index (χ0v) is 8.11. The molecule has 0 aromatic carbocycles. The minimum absolute atomic E-state index is 0.241. The van der Waals surface area contributed by atoms with E-state index in [2.05, 4.69) is 20.9 Å². The highest BCUT2D eigenvalue weighted by atomic mass is 79.9. The maximum Gasteiger partial charge on any atom is 0.281 e. The summed E-state index contributed by atoms with van der Waals surface area (Å²) in [6.07, 6.45) is 3.06. The molecular formula is C7H7BrN2O3. The summed E-state index contributed by atoms with van der Waals surface area (Å²) in [6.45, 7) is -0.241. The largest absolute Gasteiger partial charge is 0.482 e. The van der Waals surface area contributed by atoms with E-state index >= 15 is 0 Å². The lowest BCUT2D eigenvalue weighted by molar-refractivity contribution is -0.131. The molecule has 0 aliphatic carbocycles. The Kier molecular flexibility index (Phi) is 3.66. The molecule has 1 aromatic rings. The average molecular weight is 247 g/mol. The monoisotopic (exact) mass is 246 g/mol. The van der Waals surface area contributed by atoms with Crippen LogP contribution in [-0.2, 0) is 4.79 Å². The first-order valence-corrected chi connectivity index (χ1v) is 4.18. The minimum Gasteiger partial charge on any atom is -0.482 e. The van der Waals surface area contributed by atoms with Gasteiger partial charge in [-0.05, 0) is 22.0 Å². The van der Waals surface area contributed by atoms with Crippen LogP contribution in [0.3, 0.4) is 0 Å². The van der Waals surface area contributed by atoms with Gasteiger partial charge in [0.05, 0.1) is 6.20 Å². The van der Waals surface area contributed by atoms with Crippen molar-refractivity contribution in [1.29, 1.82) is 0 Å². The number of halogens is 1. The van der Waals surface area contributed by atoms with E-state index in [1.807, 2.05) is 0 Å². The first kappa shape index (κ1) is 9.94. The molecule has 0 saturated heterocycles. The molecule has 5 nitrogen and oxygen atoms in total. The molecule has 0 radical (unpaired) electrons. The zero-order valence-electron chi connectivity index (χ0n) is 6.53. The third-order valence-electron chi connectivity index (χ3n) is 1.17. The van der Waals surface area contributed by atoms with Crippen LogP contribution in [-0.4, -0.2) is 22.7 Å². The zero-order chi connectivity index (χ0) is 9.68. The van der Waals surface area contributed by atoms with Crippen LogP contribution in [0.15, 0.2) is 22.9 Å². The van der Waals surface area contributed by atoms with E-state index in [-0.39, 0.29) is 6.61 Å². The van der Waals surface area contributed by atoms with Gasteiger partial charge in [0.2, 0.25) is 0 Å². The second-order valence-corrected chi connectivity index (χ2v) is 3.08. The number of hydrogen-bond acceptors (Lipinski definition) is 4. The van der Waals surface area contributed by atoms with Gasteiger partial charge in [0.15, 0.2) is 6.61 Å². The molecule has 0 spiro atoms. The first-order valence-electron chi connectivity index (χ1n) is 3.38. The number of hydrogen-bond donors (Lipinski definition) is 2. The fourth-order valence-corrected chi connectivity index (χ4v) is 0.996. The van der Waals surface area contributed by atoms with Crippen LogP contribution in [0, 0.1) is 0 Å². The van der Waals surface area contributed by atoms with Crippen molar-refractivity contribution in [2.75, 3.05) is 6.61 Å². The maximum absolute atomic E-state index is 10.6. The summed E-state index contributed by atoms with van der Waals surface area (Å²) in [5.41, 5.74) is 1.45. The lowest BCUT2D eigenvalue weighted by Crippen LogP contribution is -2.25. The van der Waals surface area contributed by atoms with Crippen molar-refractivity contribution in [2.24, 2.45) is 0 Å². The van der Waals surface area contributed by atoms with Crippen LogP contribution in [0.25, 0.3) is 0 Å². The molecule has 0 aliphatic rings. The van der Waals surface area contributed by atoms with Crippen LogP contribution in [0.4, 0.5) is 0 Å². The Bertz CT molecular complexity index is 306. The molecule has 1 rings (SSSR count). The molecule has 0 aliphatic heterocycles. The molecule has 0 saturated carbocycles. The summed E-state index contributed by atoms with van der Waals surface area (Å²) in [7, 11) is 0. The van der Waals surface area contributed by atoms with Crippen LogP contribution < -0.4 is 10.2 Å². The Hall–Kier alpha value is -1.14. The molecule has 13 heavy (non-hydrogen) atoms. The number of ether oxygens (including phenoxy) is 1. The Morgan fingerprint density at radius 3 is 3.08 bits per heavy atom. The van der Waals surface area contributed by atoms with Crippen LogP contribution in [0.5, 0.6) is 5.75 Å². The predicted molar refractivity (Wildman–Crippen MR) is 47.4 cm³/mol. The second-order valence-electron chi connectivity index (χ2n) is 2.16. The molecule has 6 heteroatoms. The van der Waals surface area contributed by atoms with E-state index in [0.717, 1.165) is 4.47 Å². The lowest BCUT2D eigenvalue weighted by atomic mass is 10.5. The van der Waals surface area contributed by atoms with Gasteiger partial charge in [-0.25, -0.2) is 5.48 Å². The molecule has 0 atom stereocenters. The van der Waals surface area contributed by atoms with Gasteiger partial charge in [0.25, 0.3) is 5.91 Å². The van der Waals surface area contributed by atoms with E-state index in [4.69, 9.17) is 9.94 Å². The van der Waals surface area contributed by atoms with E-state index in [1.165, 1.54) is 11.7 Å². The van der Waals surface area contributed by atoms with E-state index < -0.39 is 5.91 Å². The van der Waals surface area contributed by atoms with Crippen molar-refractivity contribution in [3.8, 4) is 5.75 Å². The first-order chi connectivity index (χ1) is 6.22. The predicted octanol–water partition coefficient (Wildman–Crippen LogP) is 0.728. The summed E-state index contributed by atoms with van der Waals surface area (Å²) in [4.78, 5) is 14.4. The standard InChI is InChI=1S/C7H7BrN2O3/c8-5-1-6(3-9-2-5)13-4-7(11)10-12/h1-3,12H,4H2,(H,10,11). The number of carbonyl (C=O) groups excluding carboxylic acids is 1. The number of aromatic nitrogens is 1. The number of carbonyl (C=O) groups is 1. The molecule has 1 amide bonds. The van der Waals surface area contributed by atoms with E-state index in [9.17, 15) is 4.79 Å². The molecule has 0 unspecified atom stereocenters. The lowest BCUT2D eigenvalue weighted by Gasteiger charge is -2.03. The van der Waals surface area contributed by atoms with Crippen molar-refractivity contribution in [2.45, 2.75) is 0 Å². The van der Waals surface area contributed by atoms with Gasteiger partial charge in [0.1, 0.15) is 5.75 Å². The summed E-state index contributed by atoms with van der Waals surface area (Å²) in [5, 5.41) is 8.16. The molecule has 2 N–H and O–H groups in total. The maximum atomic E-state index is 10.6. The van der Waals surface area contributed by atoms with Gasteiger partial charge >= 0.3 is 0 Å². The normalized spacial score (nSPS) is 9.38. The Morgan fingerprint density at radius 2 is 2.46 bits per heavy atom. The van der Waals surface area contributed by atoms with Gasteiger partial charge in [-0.15, -0.1) is 0 Å². The van der Waals surface area contributed by atoms with Gasteiger partial charge in [-0.1, -0.05) is 0 Å². The van der Waals surface area contributed by atoms with Gasteiger partial charge in [-0.3, -0.25) is 15.0 Å². The third kappa shape index (κ3) is 3.39. The molecule has 1 aromatic heterocycles. The quantitative estimate of drug-likeness (QED) is 0.610. The molecule has 0 bridgehead atoms. The van der Waals surface area contributed by atoms with Crippen molar-refractivity contribution >= 4 is 21.8 Å². The van der Waals surface area contributed by atoms with Crippen molar-refractivity contribution in [3.05, 3.63) is 22.9 Å². The Morgan fingerprint density at radius 1 is 1.69 bits per heavy atom. The van der Waals surface area contributed by atoms with E-state index in [0.29, 0.717) is 5.75 Å². The Labute approximate surface area is 82.8 Å². The third-order valence-corrected chi connectivity index (χ3v) is 1.61. The highest BCUT2D eigenvalue weighted by molar-refractivity contribution is 9.10. The molecule has 70 valence electrons.